The van der Waals surface area contributed by atoms with E-state index < -0.39 is 0 Å². The number of rotatable bonds is 1. The van der Waals surface area contributed by atoms with Gasteiger partial charge >= 0.3 is 0 Å². The van der Waals surface area contributed by atoms with Crippen LogP contribution in [-0.2, 0) is 0 Å². The van der Waals surface area contributed by atoms with E-state index in [1.807, 2.05) is 41.5 Å². The largest absolute Gasteiger partial charge is 0.0998 e. The Labute approximate surface area is 179 Å². The van der Waals surface area contributed by atoms with Crippen molar-refractivity contribution in [3.8, 4) is 0 Å². The summed E-state index contributed by atoms with van der Waals surface area (Å²) in [6.45, 7) is 23.8. The van der Waals surface area contributed by atoms with Crippen LogP contribution in [0.2, 0.25) is 0 Å². The Hall–Kier alpha value is -0.260. The Morgan fingerprint density at radius 2 is 1.36 bits per heavy atom. The highest BCUT2D eigenvalue weighted by atomic mass is 14.6. The molecule has 28 heavy (non-hydrogen) atoms. The van der Waals surface area contributed by atoms with Gasteiger partial charge in [-0.15, -0.1) is 0 Å². The van der Waals surface area contributed by atoms with Crippen molar-refractivity contribution in [2.45, 2.75) is 120 Å². The molecule has 0 aromatic heterocycles. The molecule has 4 aliphatic carbocycles. The third-order valence-corrected chi connectivity index (χ3v) is 8.81. The lowest BCUT2D eigenvalue weighted by Crippen LogP contribution is -2.48. The maximum Gasteiger partial charge on any atom is -0.0152 e. The highest BCUT2D eigenvalue weighted by Gasteiger charge is 2.56. The van der Waals surface area contributed by atoms with Crippen LogP contribution in [0.3, 0.4) is 0 Å². The predicted molar refractivity (Wildman–Crippen MR) is 129 cm³/mol. The summed E-state index contributed by atoms with van der Waals surface area (Å²) < 4.78 is 0. The van der Waals surface area contributed by atoms with E-state index in [9.17, 15) is 0 Å². The van der Waals surface area contributed by atoms with Crippen molar-refractivity contribution in [1.29, 1.82) is 0 Å². The van der Waals surface area contributed by atoms with Gasteiger partial charge in [0.25, 0.3) is 0 Å². The van der Waals surface area contributed by atoms with Crippen molar-refractivity contribution in [3.05, 3.63) is 12.2 Å². The van der Waals surface area contributed by atoms with Gasteiger partial charge < -0.3 is 0 Å². The van der Waals surface area contributed by atoms with Gasteiger partial charge in [0, 0.05) is 0 Å². The summed E-state index contributed by atoms with van der Waals surface area (Å²) in [5.74, 6) is 7.20. The fraction of sp³-hybridized carbons (Fsp3) is 0.929. The maximum atomic E-state index is 4.35. The molecule has 0 amide bonds. The molecular weight excluding hydrogens is 336 g/mol. The molecule has 0 aromatic rings. The summed E-state index contributed by atoms with van der Waals surface area (Å²) in [4.78, 5) is 0. The van der Waals surface area contributed by atoms with Crippen LogP contribution in [0.4, 0.5) is 0 Å². The Balaban J connectivity index is 0.000000599. The average Bonchev–Trinajstić information content (AvgIpc) is 3.09. The van der Waals surface area contributed by atoms with Crippen LogP contribution in [0.25, 0.3) is 0 Å². The van der Waals surface area contributed by atoms with Gasteiger partial charge in [-0.3, -0.25) is 0 Å². The summed E-state index contributed by atoms with van der Waals surface area (Å²) in [5.41, 5.74) is 2.07. The van der Waals surface area contributed by atoms with Crippen LogP contribution in [0.15, 0.2) is 12.2 Å². The zero-order chi connectivity index (χ0) is 21.5. The van der Waals surface area contributed by atoms with E-state index in [4.69, 9.17) is 0 Å². The first-order chi connectivity index (χ1) is 13.5. The molecule has 0 nitrogen and oxygen atoms in total. The molecule has 4 fully saturated rings. The Kier molecular flexibility index (Phi) is 10.9. The van der Waals surface area contributed by atoms with Gasteiger partial charge in [-0.25, -0.2) is 0 Å². The van der Waals surface area contributed by atoms with Crippen LogP contribution >= 0.6 is 0 Å². The Bertz CT molecular complexity index is 449. The summed E-state index contributed by atoms with van der Waals surface area (Å²) in [7, 11) is 0. The van der Waals surface area contributed by atoms with E-state index in [1.165, 1.54) is 37.7 Å². The van der Waals surface area contributed by atoms with Gasteiger partial charge in [0.2, 0.25) is 0 Å². The molecule has 0 spiro atoms. The third kappa shape index (κ3) is 4.89. The lowest BCUT2D eigenvalue weighted by Gasteiger charge is -2.56. The SMILES string of the molecule is C=C(C)C1CCC2C3CCC4CC(C)CCC4C3CCC12C.CC.CC.CC. The molecule has 0 N–H and O–H groups in total. The fourth-order valence-corrected chi connectivity index (χ4v) is 7.90. The highest BCUT2D eigenvalue weighted by Crippen LogP contribution is 2.65. The molecule has 0 heterocycles. The number of hydrogen-bond acceptors (Lipinski definition) is 0. The zero-order valence-corrected chi connectivity index (χ0v) is 21.1. The van der Waals surface area contributed by atoms with Crippen molar-refractivity contribution in [2.75, 3.05) is 0 Å². The van der Waals surface area contributed by atoms with Crippen LogP contribution in [0.1, 0.15) is 120 Å². The van der Waals surface area contributed by atoms with Crippen molar-refractivity contribution in [1.82, 2.24) is 0 Å². The molecule has 4 rings (SSSR count). The van der Waals surface area contributed by atoms with E-state index in [2.05, 4.69) is 27.4 Å². The Morgan fingerprint density at radius 3 is 1.96 bits per heavy atom. The monoisotopic (exact) mass is 390 g/mol. The van der Waals surface area contributed by atoms with Gasteiger partial charge in [-0.1, -0.05) is 74.0 Å². The molecule has 8 unspecified atom stereocenters. The number of fused-ring (bicyclic) bond motifs is 5. The molecule has 0 aliphatic heterocycles. The van der Waals surface area contributed by atoms with Crippen LogP contribution in [-0.4, -0.2) is 0 Å². The minimum absolute atomic E-state index is 0.599. The first-order valence-electron chi connectivity index (χ1n) is 13.2. The second kappa shape index (κ2) is 11.8. The number of allylic oxidation sites excluding steroid dienone is 1. The van der Waals surface area contributed by atoms with Gasteiger partial charge in [0.1, 0.15) is 0 Å². The van der Waals surface area contributed by atoms with Gasteiger partial charge in [-0.2, -0.15) is 0 Å². The molecule has 4 aliphatic rings. The normalized spacial score (nSPS) is 43.2. The van der Waals surface area contributed by atoms with Crippen molar-refractivity contribution < 1.29 is 0 Å². The van der Waals surface area contributed by atoms with Crippen LogP contribution < -0.4 is 0 Å². The predicted octanol–water partition coefficient (Wildman–Crippen LogP) is 9.55. The van der Waals surface area contributed by atoms with Crippen LogP contribution in [0, 0.1) is 46.8 Å². The summed E-state index contributed by atoms with van der Waals surface area (Å²) in [6, 6.07) is 0. The molecule has 0 saturated heterocycles. The quantitative estimate of drug-likeness (QED) is 0.391. The standard InChI is InChI=1S/C22H36.3C2H6/c1-14(2)20-9-10-21-19-8-6-16-13-15(3)5-7-17(16)18(19)11-12-22(20,21)4;3*1-2/h15-21H,1,5-13H2,2-4H3;3*1-2H3. The summed E-state index contributed by atoms with van der Waals surface area (Å²) in [5, 5.41) is 0. The Morgan fingerprint density at radius 1 is 0.750 bits per heavy atom. The fourth-order valence-electron chi connectivity index (χ4n) is 7.90. The van der Waals surface area contributed by atoms with Crippen LogP contribution in [0.5, 0.6) is 0 Å². The second-order valence-corrected chi connectivity index (χ2v) is 9.87. The first-order valence-corrected chi connectivity index (χ1v) is 13.2. The first kappa shape index (κ1) is 25.8. The molecule has 0 heteroatoms. The van der Waals surface area contributed by atoms with E-state index in [-0.39, 0.29) is 0 Å². The highest BCUT2D eigenvalue weighted by molar-refractivity contribution is 5.13. The summed E-state index contributed by atoms with van der Waals surface area (Å²) >= 11 is 0. The third-order valence-electron chi connectivity index (χ3n) is 8.81. The molecule has 0 bridgehead atoms. The maximum absolute atomic E-state index is 4.35. The zero-order valence-electron chi connectivity index (χ0n) is 21.1. The van der Waals surface area contributed by atoms with E-state index in [1.54, 1.807) is 25.7 Å². The van der Waals surface area contributed by atoms with E-state index >= 15 is 0 Å². The second-order valence-electron chi connectivity index (χ2n) is 9.87. The van der Waals surface area contributed by atoms with Gasteiger partial charge in [0.15, 0.2) is 0 Å². The van der Waals surface area contributed by atoms with Crippen molar-refractivity contribution in [2.24, 2.45) is 46.8 Å². The van der Waals surface area contributed by atoms with Gasteiger partial charge in [0.05, 0.1) is 0 Å². The summed E-state index contributed by atoms with van der Waals surface area (Å²) in [6.07, 6.45) is 13.7. The van der Waals surface area contributed by atoms with E-state index in [0.717, 1.165) is 41.4 Å². The molecule has 4 saturated carbocycles. The lowest BCUT2D eigenvalue weighted by molar-refractivity contribution is -0.0633. The van der Waals surface area contributed by atoms with E-state index in [0.29, 0.717) is 5.41 Å². The van der Waals surface area contributed by atoms with Crippen molar-refractivity contribution >= 4 is 0 Å². The van der Waals surface area contributed by atoms with Gasteiger partial charge in [-0.05, 0) is 105 Å². The average molecular weight is 391 g/mol. The molecule has 0 radical (unpaired) electrons. The lowest BCUT2D eigenvalue weighted by atomic mass is 9.49. The molecule has 8 atom stereocenters. The molecular formula is C28H54. The molecule has 166 valence electrons. The number of hydrogen-bond donors (Lipinski definition) is 0. The minimum Gasteiger partial charge on any atom is -0.0998 e. The topological polar surface area (TPSA) is 0 Å². The van der Waals surface area contributed by atoms with Crippen molar-refractivity contribution in [3.63, 3.8) is 0 Å². The minimum atomic E-state index is 0.599. The molecule has 0 aromatic carbocycles. The smallest absolute Gasteiger partial charge is 0.0152 e.